The minimum atomic E-state index is -4.14. The van der Waals surface area contributed by atoms with Crippen molar-refractivity contribution in [2.24, 2.45) is 0 Å². The Labute approximate surface area is 96.8 Å². The third-order valence-corrected chi connectivity index (χ3v) is 3.01. The van der Waals surface area contributed by atoms with Crippen LogP contribution in [0.15, 0.2) is 18.2 Å². The normalized spacial score (nSPS) is 19.4. The third-order valence-electron chi connectivity index (χ3n) is 3.01. The van der Waals surface area contributed by atoms with Crippen molar-refractivity contribution >= 4 is 0 Å². The minimum absolute atomic E-state index is 0.121. The molecule has 5 heteroatoms. The molecule has 1 aromatic rings. The fraction of sp³-hybridized carbons (Fsp3) is 0.500. The Balaban J connectivity index is 1.96. The number of benzene rings is 1. The minimum Gasteiger partial charge on any atom is -0.310 e. The van der Waals surface area contributed by atoms with Crippen LogP contribution in [0.2, 0.25) is 0 Å². The summed E-state index contributed by atoms with van der Waals surface area (Å²) in [6.45, 7) is -0.121. The van der Waals surface area contributed by atoms with E-state index in [2.05, 4.69) is 5.32 Å². The summed E-state index contributed by atoms with van der Waals surface area (Å²) in [6.07, 6.45) is -3.75. The van der Waals surface area contributed by atoms with E-state index in [9.17, 15) is 17.6 Å². The van der Waals surface area contributed by atoms with Gasteiger partial charge in [0.15, 0.2) is 0 Å². The molecule has 0 aliphatic heterocycles. The molecule has 94 valence electrons. The number of hydrogen-bond acceptors (Lipinski definition) is 1. The van der Waals surface area contributed by atoms with Gasteiger partial charge in [0.25, 0.3) is 0 Å². The molecule has 1 nitrogen and oxygen atoms in total. The smallest absolute Gasteiger partial charge is 0.310 e. The molecule has 0 aromatic heterocycles. The van der Waals surface area contributed by atoms with Gasteiger partial charge in [-0.05, 0) is 30.0 Å². The molecular weight excluding hydrogens is 234 g/mol. The summed E-state index contributed by atoms with van der Waals surface area (Å²) in [5.41, 5.74) is 1.43. The molecule has 0 fully saturated rings. The summed E-state index contributed by atoms with van der Waals surface area (Å²) in [5, 5.41) is 2.83. The highest BCUT2D eigenvalue weighted by molar-refractivity contribution is 5.35. The van der Waals surface area contributed by atoms with Gasteiger partial charge in [0.1, 0.15) is 5.82 Å². The molecular formula is C12H13F4N. The van der Waals surface area contributed by atoms with Crippen LogP contribution in [-0.2, 0) is 6.42 Å². The molecule has 2 rings (SSSR count). The van der Waals surface area contributed by atoms with Gasteiger partial charge in [0, 0.05) is 12.6 Å². The summed E-state index contributed by atoms with van der Waals surface area (Å²) in [4.78, 5) is 0. The first kappa shape index (κ1) is 12.4. The number of alkyl halides is 3. The van der Waals surface area contributed by atoms with E-state index in [1.54, 1.807) is 12.1 Å². The average Bonchev–Trinajstić information content (AvgIpc) is 2.61. The average molecular weight is 247 g/mol. The first-order valence-corrected chi connectivity index (χ1v) is 5.55. The zero-order valence-electron chi connectivity index (χ0n) is 9.15. The molecule has 1 N–H and O–H groups in total. The number of hydrogen-bond donors (Lipinski definition) is 1. The van der Waals surface area contributed by atoms with E-state index in [1.165, 1.54) is 6.07 Å². The Kier molecular flexibility index (Phi) is 3.38. The Hall–Kier alpha value is -1.10. The molecule has 0 spiro atoms. The van der Waals surface area contributed by atoms with Crippen LogP contribution in [0.1, 0.15) is 30.0 Å². The third kappa shape index (κ3) is 2.97. The van der Waals surface area contributed by atoms with Gasteiger partial charge in [-0.2, -0.15) is 13.2 Å². The molecule has 1 aromatic carbocycles. The number of fused-ring (bicyclic) bond motifs is 1. The van der Waals surface area contributed by atoms with Crippen molar-refractivity contribution < 1.29 is 17.6 Å². The molecule has 0 radical (unpaired) electrons. The highest BCUT2D eigenvalue weighted by atomic mass is 19.4. The second kappa shape index (κ2) is 4.64. The van der Waals surface area contributed by atoms with Gasteiger partial charge in [0.2, 0.25) is 0 Å². The highest BCUT2D eigenvalue weighted by Gasteiger charge is 2.28. The van der Waals surface area contributed by atoms with Crippen LogP contribution >= 0.6 is 0 Å². The molecule has 0 saturated heterocycles. The zero-order chi connectivity index (χ0) is 12.5. The molecule has 0 amide bonds. The summed E-state index contributed by atoms with van der Waals surface area (Å²) < 4.78 is 49.3. The van der Waals surface area contributed by atoms with Gasteiger partial charge in [-0.3, -0.25) is 0 Å². The van der Waals surface area contributed by atoms with E-state index >= 15 is 0 Å². The van der Waals surface area contributed by atoms with E-state index in [1.807, 2.05) is 0 Å². The largest absolute Gasteiger partial charge is 0.390 e. The standard InChI is InChI=1S/C12H13F4N/c13-10-3-1-2-9-8(10)4-5-11(9)17-7-6-12(14,15)16/h1-3,11,17H,4-7H2. The molecule has 1 aliphatic rings. The number of rotatable bonds is 3. The molecule has 0 bridgehead atoms. The summed E-state index contributed by atoms with van der Waals surface area (Å²) >= 11 is 0. The topological polar surface area (TPSA) is 12.0 Å². The van der Waals surface area contributed by atoms with Crippen LogP contribution in [0.3, 0.4) is 0 Å². The summed E-state index contributed by atoms with van der Waals surface area (Å²) in [5.74, 6) is -0.261. The van der Waals surface area contributed by atoms with Crippen molar-refractivity contribution in [2.75, 3.05) is 6.54 Å². The number of nitrogens with one attached hydrogen (secondary N) is 1. The van der Waals surface area contributed by atoms with Crippen molar-refractivity contribution in [3.05, 3.63) is 35.1 Å². The Morgan fingerprint density at radius 2 is 2.06 bits per heavy atom. The van der Waals surface area contributed by atoms with Crippen molar-refractivity contribution in [2.45, 2.75) is 31.5 Å². The van der Waals surface area contributed by atoms with Gasteiger partial charge < -0.3 is 5.32 Å². The molecule has 0 saturated carbocycles. The van der Waals surface area contributed by atoms with Crippen LogP contribution in [0.5, 0.6) is 0 Å². The monoisotopic (exact) mass is 247 g/mol. The first-order valence-electron chi connectivity index (χ1n) is 5.55. The maximum absolute atomic E-state index is 13.4. The van der Waals surface area contributed by atoms with E-state index in [0.717, 1.165) is 5.56 Å². The fourth-order valence-corrected chi connectivity index (χ4v) is 2.21. The highest BCUT2D eigenvalue weighted by Crippen LogP contribution is 2.32. The lowest BCUT2D eigenvalue weighted by Gasteiger charge is -2.14. The lowest BCUT2D eigenvalue weighted by Crippen LogP contribution is -2.24. The van der Waals surface area contributed by atoms with Crippen molar-refractivity contribution in [1.29, 1.82) is 0 Å². The molecule has 0 heterocycles. The van der Waals surface area contributed by atoms with Gasteiger partial charge in [-0.25, -0.2) is 4.39 Å². The second-order valence-electron chi connectivity index (χ2n) is 4.22. The van der Waals surface area contributed by atoms with Crippen LogP contribution in [0, 0.1) is 5.82 Å². The molecule has 1 unspecified atom stereocenters. The Morgan fingerprint density at radius 1 is 1.29 bits per heavy atom. The van der Waals surface area contributed by atoms with E-state index < -0.39 is 12.6 Å². The first-order chi connectivity index (χ1) is 7.97. The molecule has 17 heavy (non-hydrogen) atoms. The zero-order valence-corrected chi connectivity index (χ0v) is 9.15. The second-order valence-corrected chi connectivity index (χ2v) is 4.22. The predicted molar refractivity (Wildman–Crippen MR) is 56.1 cm³/mol. The van der Waals surface area contributed by atoms with Crippen LogP contribution in [-0.4, -0.2) is 12.7 Å². The SMILES string of the molecule is Fc1cccc2c1CCC2NCCC(F)(F)F. The van der Waals surface area contributed by atoms with Crippen LogP contribution < -0.4 is 5.32 Å². The summed E-state index contributed by atoms with van der Waals surface area (Å²) in [7, 11) is 0. The molecule has 1 atom stereocenters. The lowest BCUT2D eigenvalue weighted by atomic mass is 10.1. The van der Waals surface area contributed by atoms with Gasteiger partial charge >= 0.3 is 6.18 Å². The van der Waals surface area contributed by atoms with Crippen molar-refractivity contribution in [3.63, 3.8) is 0 Å². The predicted octanol–water partition coefficient (Wildman–Crippen LogP) is 3.36. The van der Waals surface area contributed by atoms with Gasteiger partial charge in [0.05, 0.1) is 6.42 Å². The van der Waals surface area contributed by atoms with Gasteiger partial charge in [-0.1, -0.05) is 12.1 Å². The van der Waals surface area contributed by atoms with Crippen molar-refractivity contribution in [3.8, 4) is 0 Å². The van der Waals surface area contributed by atoms with E-state index in [-0.39, 0.29) is 18.4 Å². The Morgan fingerprint density at radius 3 is 2.76 bits per heavy atom. The lowest BCUT2D eigenvalue weighted by molar-refractivity contribution is -0.133. The van der Waals surface area contributed by atoms with Crippen molar-refractivity contribution in [1.82, 2.24) is 5.32 Å². The van der Waals surface area contributed by atoms with Crippen LogP contribution in [0.4, 0.5) is 17.6 Å². The van der Waals surface area contributed by atoms with E-state index in [4.69, 9.17) is 0 Å². The fourth-order valence-electron chi connectivity index (χ4n) is 2.21. The number of halogens is 4. The summed E-state index contributed by atoms with van der Waals surface area (Å²) in [6, 6.07) is 4.61. The van der Waals surface area contributed by atoms with Crippen LogP contribution in [0.25, 0.3) is 0 Å². The quantitative estimate of drug-likeness (QED) is 0.808. The van der Waals surface area contributed by atoms with Gasteiger partial charge in [-0.15, -0.1) is 0 Å². The molecule has 1 aliphatic carbocycles. The van der Waals surface area contributed by atoms with E-state index in [0.29, 0.717) is 18.4 Å². The maximum Gasteiger partial charge on any atom is 0.390 e. The Bertz CT molecular complexity index is 400. The maximum atomic E-state index is 13.4.